The second kappa shape index (κ2) is 6.17. The highest BCUT2D eigenvalue weighted by Gasteiger charge is 2.09. The molecule has 0 radical (unpaired) electrons. The minimum absolute atomic E-state index is 0.0194. The first-order valence-electron chi connectivity index (χ1n) is 5.98. The van der Waals surface area contributed by atoms with E-state index in [4.69, 9.17) is 10.00 Å². The van der Waals surface area contributed by atoms with E-state index in [9.17, 15) is 4.79 Å². The Morgan fingerprint density at radius 3 is 2.58 bits per heavy atom. The van der Waals surface area contributed by atoms with Crippen molar-refractivity contribution in [2.24, 2.45) is 0 Å². The number of benzene rings is 1. The fourth-order valence-corrected chi connectivity index (χ4v) is 2.44. The Labute approximate surface area is 116 Å². The molecule has 0 atom stereocenters. The summed E-state index contributed by atoms with van der Waals surface area (Å²) >= 11 is 1.51. The van der Waals surface area contributed by atoms with Crippen molar-refractivity contribution in [3.63, 3.8) is 0 Å². The van der Waals surface area contributed by atoms with Gasteiger partial charge in [0.1, 0.15) is 5.75 Å². The highest BCUT2D eigenvalue weighted by atomic mass is 32.1. The number of ether oxygens (including phenoxy) is 1. The average Bonchev–Trinajstić information content (AvgIpc) is 2.94. The predicted molar refractivity (Wildman–Crippen MR) is 74.7 cm³/mol. The van der Waals surface area contributed by atoms with Crippen LogP contribution in [0.5, 0.6) is 5.75 Å². The number of hydrogen-bond acceptors (Lipinski definition) is 4. The Balaban J connectivity index is 1.94. The first-order chi connectivity index (χ1) is 9.22. The first kappa shape index (κ1) is 13.3. The molecule has 1 aromatic heterocycles. The van der Waals surface area contributed by atoms with E-state index in [0.29, 0.717) is 11.3 Å². The molecule has 0 saturated carbocycles. The topological polar surface area (TPSA) is 50.1 Å². The van der Waals surface area contributed by atoms with Crippen molar-refractivity contribution in [1.82, 2.24) is 0 Å². The third kappa shape index (κ3) is 3.43. The van der Waals surface area contributed by atoms with Gasteiger partial charge < -0.3 is 4.74 Å². The number of carbonyl (C=O) groups is 1. The molecule has 2 rings (SSSR count). The van der Waals surface area contributed by atoms with Gasteiger partial charge in [-0.3, -0.25) is 4.79 Å². The van der Waals surface area contributed by atoms with E-state index >= 15 is 0 Å². The SMILES string of the molecule is CCc1ccc(C(=O)COc2ccc(C#N)cc2)s1. The zero-order valence-electron chi connectivity index (χ0n) is 10.6. The van der Waals surface area contributed by atoms with Crippen LogP contribution in [-0.2, 0) is 6.42 Å². The number of nitrogens with zero attached hydrogens (tertiary/aromatic N) is 1. The summed E-state index contributed by atoms with van der Waals surface area (Å²) in [5.74, 6) is 0.577. The van der Waals surface area contributed by atoms with Crippen LogP contribution >= 0.6 is 11.3 Å². The molecule has 0 aliphatic heterocycles. The summed E-state index contributed by atoms with van der Waals surface area (Å²) in [5, 5.41) is 8.68. The van der Waals surface area contributed by atoms with Crippen LogP contribution in [0.2, 0.25) is 0 Å². The smallest absolute Gasteiger partial charge is 0.210 e. The Kier molecular flexibility index (Phi) is 4.32. The van der Waals surface area contributed by atoms with Gasteiger partial charge in [-0.25, -0.2) is 0 Å². The predicted octanol–water partition coefficient (Wildman–Crippen LogP) is 3.44. The lowest BCUT2D eigenvalue weighted by Gasteiger charge is -2.04. The Hall–Kier alpha value is -2.12. The number of carbonyl (C=O) groups excluding carboxylic acids is 1. The summed E-state index contributed by atoms with van der Waals surface area (Å²) in [6, 6.07) is 12.6. The van der Waals surface area contributed by atoms with Crippen molar-refractivity contribution in [2.45, 2.75) is 13.3 Å². The van der Waals surface area contributed by atoms with E-state index < -0.39 is 0 Å². The van der Waals surface area contributed by atoms with E-state index in [1.54, 1.807) is 24.3 Å². The summed E-state index contributed by atoms with van der Waals surface area (Å²) in [6.45, 7) is 2.09. The quantitative estimate of drug-likeness (QED) is 0.783. The van der Waals surface area contributed by atoms with Gasteiger partial charge >= 0.3 is 0 Å². The maximum Gasteiger partial charge on any atom is 0.210 e. The van der Waals surface area contributed by atoms with Gasteiger partial charge in [0.2, 0.25) is 5.78 Å². The lowest BCUT2D eigenvalue weighted by atomic mass is 10.2. The Morgan fingerprint density at radius 2 is 2.00 bits per heavy atom. The maximum absolute atomic E-state index is 11.9. The van der Waals surface area contributed by atoms with E-state index in [1.165, 1.54) is 16.2 Å². The molecule has 1 heterocycles. The molecule has 4 heteroatoms. The first-order valence-corrected chi connectivity index (χ1v) is 6.79. The summed E-state index contributed by atoms with van der Waals surface area (Å²) in [4.78, 5) is 13.8. The largest absolute Gasteiger partial charge is 0.485 e. The minimum atomic E-state index is -0.0194. The summed E-state index contributed by atoms with van der Waals surface area (Å²) in [5.41, 5.74) is 0.574. The van der Waals surface area contributed by atoms with Crippen molar-refractivity contribution in [1.29, 1.82) is 5.26 Å². The number of aryl methyl sites for hydroxylation is 1. The van der Waals surface area contributed by atoms with Gasteiger partial charge in [-0.15, -0.1) is 11.3 Å². The fourth-order valence-electron chi connectivity index (χ4n) is 1.56. The molecular formula is C15H13NO2S. The molecular weight excluding hydrogens is 258 g/mol. The highest BCUT2D eigenvalue weighted by molar-refractivity contribution is 7.14. The van der Waals surface area contributed by atoms with Crippen molar-refractivity contribution in [3.05, 3.63) is 51.7 Å². The van der Waals surface area contributed by atoms with E-state index in [-0.39, 0.29) is 12.4 Å². The second-order valence-electron chi connectivity index (χ2n) is 3.97. The van der Waals surface area contributed by atoms with Crippen LogP contribution < -0.4 is 4.74 Å². The Morgan fingerprint density at radius 1 is 1.26 bits per heavy atom. The molecule has 2 aromatic rings. The molecule has 1 aromatic carbocycles. The van der Waals surface area contributed by atoms with Crippen molar-refractivity contribution in [3.8, 4) is 11.8 Å². The number of Topliss-reactive ketones (excluding diaryl/α,β-unsaturated/α-hetero) is 1. The molecule has 0 aliphatic carbocycles. The number of rotatable bonds is 5. The molecule has 96 valence electrons. The van der Waals surface area contributed by atoms with E-state index in [1.807, 2.05) is 18.2 Å². The van der Waals surface area contributed by atoms with Crippen LogP contribution in [0.3, 0.4) is 0 Å². The molecule has 3 nitrogen and oxygen atoms in total. The van der Waals surface area contributed by atoms with Gasteiger partial charge in [-0.05, 0) is 42.8 Å². The average molecular weight is 271 g/mol. The van der Waals surface area contributed by atoms with Crippen LogP contribution in [0.25, 0.3) is 0 Å². The third-order valence-corrected chi connectivity index (χ3v) is 3.91. The normalized spacial score (nSPS) is 9.89. The zero-order chi connectivity index (χ0) is 13.7. The van der Waals surface area contributed by atoms with Gasteiger partial charge in [-0.2, -0.15) is 5.26 Å². The molecule has 0 unspecified atom stereocenters. The van der Waals surface area contributed by atoms with E-state index in [0.717, 1.165) is 11.3 Å². The number of nitriles is 1. The van der Waals surface area contributed by atoms with Crippen LogP contribution in [0.15, 0.2) is 36.4 Å². The molecule has 0 amide bonds. The second-order valence-corrected chi connectivity index (χ2v) is 5.14. The monoisotopic (exact) mass is 271 g/mol. The van der Waals surface area contributed by atoms with Crippen molar-refractivity contribution in [2.75, 3.05) is 6.61 Å². The fraction of sp³-hybridized carbons (Fsp3) is 0.200. The molecule has 19 heavy (non-hydrogen) atoms. The molecule has 0 saturated heterocycles. The number of thiophene rings is 1. The molecule has 0 bridgehead atoms. The molecule has 0 spiro atoms. The standard InChI is InChI=1S/C15H13NO2S/c1-2-13-7-8-15(19-13)14(17)10-18-12-5-3-11(9-16)4-6-12/h3-8H,2,10H2,1H3. The summed E-state index contributed by atoms with van der Waals surface area (Å²) in [6.07, 6.45) is 0.939. The van der Waals surface area contributed by atoms with Crippen LogP contribution in [0.1, 0.15) is 27.0 Å². The summed E-state index contributed by atoms with van der Waals surface area (Å²) in [7, 11) is 0. The molecule has 0 N–H and O–H groups in total. The number of ketones is 1. The van der Waals surface area contributed by atoms with Crippen LogP contribution in [-0.4, -0.2) is 12.4 Å². The van der Waals surface area contributed by atoms with Crippen LogP contribution in [0.4, 0.5) is 0 Å². The molecule has 0 fully saturated rings. The molecule has 0 aliphatic rings. The Bertz CT molecular complexity index is 608. The third-order valence-electron chi connectivity index (χ3n) is 2.64. The lowest BCUT2D eigenvalue weighted by molar-refractivity contribution is 0.0925. The zero-order valence-corrected chi connectivity index (χ0v) is 11.4. The van der Waals surface area contributed by atoms with Gasteiger partial charge in [-0.1, -0.05) is 6.92 Å². The maximum atomic E-state index is 11.9. The lowest BCUT2D eigenvalue weighted by Crippen LogP contribution is -2.09. The van der Waals surface area contributed by atoms with Gasteiger partial charge in [0, 0.05) is 4.88 Å². The van der Waals surface area contributed by atoms with E-state index in [2.05, 4.69) is 6.92 Å². The van der Waals surface area contributed by atoms with Gasteiger partial charge in [0.05, 0.1) is 16.5 Å². The van der Waals surface area contributed by atoms with Crippen molar-refractivity contribution < 1.29 is 9.53 Å². The van der Waals surface area contributed by atoms with Crippen molar-refractivity contribution >= 4 is 17.1 Å². The van der Waals surface area contributed by atoms with Gasteiger partial charge in [0.25, 0.3) is 0 Å². The minimum Gasteiger partial charge on any atom is -0.485 e. The van der Waals surface area contributed by atoms with Gasteiger partial charge in [0.15, 0.2) is 6.61 Å². The summed E-state index contributed by atoms with van der Waals surface area (Å²) < 4.78 is 5.41. The highest BCUT2D eigenvalue weighted by Crippen LogP contribution is 2.18. The number of hydrogen-bond donors (Lipinski definition) is 0. The van der Waals surface area contributed by atoms with Crippen LogP contribution in [0, 0.1) is 11.3 Å².